The lowest BCUT2D eigenvalue weighted by molar-refractivity contribution is 0.0696. The minimum Gasteiger partial charge on any atom is -0.478 e. The monoisotopic (exact) mass is 188 g/mol. The largest absolute Gasteiger partial charge is 0.478 e. The predicted octanol–water partition coefficient (Wildman–Crippen LogP) is 0.132. The van der Waals surface area contributed by atoms with Crippen LogP contribution >= 0.6 is 11.6 Å². The van der Waals surface area contributed by atoms with Crippen LogP contribution in [0.2, 0.25) is 5.02 Å². The molecule has 0 fully saturated rings. The zero-order valence-electron chi connectivity index (χ0n) is 6.11. The van der Waals surface area contributed by atoms with Crippen molar-refractivity contribution in [2.24, 2.45) is 7.05 Å². The van der Waals surface area contributed by atoms with Gasteiger partial charge in [-0.2, -0.15) is 5.10 Å². The van der Waals surface area contributed by atoms with Gasteiger partial charge in [0.1, 0.15) is 10.6 Å². The number of hydrogen-bond donors (Lipinski definition) is 1. The number of rotatable bonds is 1. The van der Waals surface area contributed by atoms with Gasteiger partial charge in [-0.15, -0.1) is 0 Å². The van der Waals surface area contributed by atoms with Gasteiger partial charge in [0, 0.05) is 7.05 Å². The first-order valence-corrected chi connectivity index (χ1v) is 3.37. The molecule has 64 valence electrons. The van der Waals surface area contributed by atoms with Gasteiger partial charge in [-0.25, -0.2) is 9.48 Å². The maximum atomic E-state index is 11.0. The summed E-state index contributed by atoms with van der Waals surface area (Å²) in [6.07, 6.45) is 1.03. The van der Waals surface area contributed by atoms with Crippen molar-refractivity contribution in [1.82, 2.24) is 9.78 Å². The van der Waals surface area contributed by atoms with Gasteiger partial charge in [0.25, 0.3) is 5.56 Å². The highest BCUT2D eigenvalue weighted by atomic mass is 35.5. The van der Waals surface area contributed by atoms with Gasteiger partial charge in [-0.3, -0.25) is 4.79 Å². The summed E-state index contributed by atoms with van der Waals surface area (Å²) in [5.41, 5.74) is -0.892. The number of carboxylic acid groups (broad SMARTS) is 1. The van der Waals surface area contributed by atoms with E-state index in [4.69, 9.17) is 16.7 Å². The van der Waals surface area contributed by atoms with Gasteiger partial charge < -0.3 is 5.11 Å². The number of halogens is 1. The van der Waals surface area contributed by atoms with E-state index in [0.717, 1.165) is 10.9 Å². The average Bonchev–Trinajstić information content (AvgIpc) is 2.00. The van der Waals surface area contributed by atoms with Crippen molar-refractivity contribution in [1.29, 1.82) is 0 Å². The fraction of sp³-hybridized carbons (Fsp3) is 0.167. The molecule has 0 radical (unpaired) electrons. The van der Waals surface area contributed by atoms with Crippen LogP contribution in [0.1, 0.15) is 10.4 Å². The SMILES string of the molecule is Cn1ncc(C(=O)O)c(Cl)c1=O. The molecule has 1 N–H and O–H groups in total. The second kappa shape index (κ2) is 2.94. The predicted molar refractivity (Wildman–Crippen MR) is 41.4 cm³/mol. The molecule has 1 rings (SSSR count). The summed E-state index contributed by atoms with van der Waals surface area (Å²) in [6.45, 7) is 0. The van der Waals surface area contributed by atoms with Crippen LogP contribution in [-0.2, 0) is 7.05 Å². The topological polar surface area (TPSA) is 72.2 Å². The van der Waals surface area contributed by atoms with Crippen LogP contribution in [0.3, 0.4) is 0 Å². The highest BCUT2D eigenvalue weighted by Crippen LogP contribution is 2.07. The van der Waals surface area contributed by atoms with Gasteiger partial charge in [0.05, 0.1) is 6.20 Å². The normalized spacial score (nSPS) is 9.83. The second-order valence-electron chi connectivity index (χ2n) is 2.11. The van der Waals surface area contributed by atoms with Gasteiger partial charge in [0.2, 0.25) is 0 Å². The second-order valence-corrected chi connectivity index (χ2v) is 2.48. The molecule has 0 saturated heterocycles. The van der Waals surface area contributed by atoms with Crippen molar-refractivity contribution in [2.45, 2.75) is 0 Å². The van der Waals surface area contributed by atoms with Crippen LogP contribution in [-0.4, -0.2) is 20.9 Å². The van der Waals surface area contributed by atoms with E-state index in [0.29, 0.717) is 0 Å². The van der Waals surface area contributed by atoms with Gasteiger partial charge in [0.15, 0.2) is 0 Å². The molecule has 0 aromatic carbocycles. The Kier molecular flexibility index (Phi) is 2.14. The summed E-state index contributed by atoms with van der Waals surface area (Å²) in [4.78, 5) is 21.4. The summed E-state index contributed by atoms with van der Waals surface area (Å²) in [5, 5.41) is 11.7. The Labute approximate surface area is 72.2 Å². The smallest absolute Gasteiger partial charge is 0.339 e. The first kappa shape index (κ1) is 8.73. The lowest BCUT2D eigenvalue weighted by Gasteiger charge is -1.98. The summed E-state index contributed by atoms with van der Waals surface area (Å²) in [5.74, 6) is -1.26. The molecule has 1 aromatic heterocycles. The summed E-state index contributed by atoms with van der Waals surface area (Å²) < 4.78 is 0.967. The van der Waals surface area contributed by atoms with E-state index in [-0.39, 0.29) is 10.6 Å². The van der Waals surface area contributed by atoms with Crippen LogP contribution in [0.5, 0.6) is 0 Å². The van der Waals surface area contributed by atoms with Crippen molar-refractivity contribution in [3.8, 4) is 0 Å². The Balaban J connectivity index is 3.47. The molecule has 12 heavy (non-hydrogen) atoms. The number of carboxylic acids is 1. The van der Waals surface area contributed by atoms with Crippen molar-refractivity contribution in [2.75, 3.05) is 0 Å². The van der Waals surface area contributed by atoms with E-state index >= 15 is 0 Å². The van der Waals surface area contributed by atoms with E-state index in [2.05, 4.69) is 5.10 Å². The zero-order valence-corrected chi connectivity index (χ0v) is 6.87. The lowest BCUT2D eigenvalue weighted by atomic mass is 10.3. The molecular formula is C6H5ClN2O3. The minimum absolute atomic E-state index is 0.278. The molecule has 0 saturated carbocycles. The van der Waals surface area contributed by atoms with E-state index < -0.39 is 11.5 Å². The molecule has 1 aromatic rings. The van der Waals surface area contributed by atoms with Crippen LogP contribution in [0.15, 0.2) is 11.0 Å². The Morgan fingerprint density at radius 2 is 2.33 bits per heavy atom. The third-order valence-electron chi connectivity index (χ3n) is 1.31. The first-order chi connectivity index (χ1) is 5.54. The zero-order chi connectivity index (χ0) is 9.30. The molecule has 0 aliphatic rings. The molecule has 0 unspecified atom stereocenters. The van der Waals surface area contributed by atoms with Gasteiger partial charge in [-0.05, 0) is 0 Å². The highest BCUT2D eigenvalue weighted by molar-refractivity contribution is 6.33. The van der Waals surface area contributed by atoms with E-state index in [9.17, 15) is 9.59 Å². The molecule has 6 heteroatoms. The van der Waals surface area contributed by atoms with Crippen molar-refractivity contribution in [3.05, 3.63) is 27.1 Å². The van der Waals surface area contributed by atoms with Crippen LogP contribution in [0.4, 0.5) is 0 Å². The average molecular weight is 189 g/mol. The highest BCUT2D eigenvalue weighted by Gasteiger charge is 2.12. The summed E-state index contributed by atoms with van der Waals surface area (Å²) in [7, 11) is 1.39. The molecule has 0 spiro atoms. The number of aryl methyl sites for hydroxylation is 1. The number of nitrogens with zero attached hydrogens (tertiary/aromatic N) is 2. The van der Waals surface area contributed by atoms with E-state index in [1.165, 1.54) is 7.05 Å². The molecular weight excluding hydrogens is 184 g/mol. The molecule has 0 aliphatic carbocycles. The maximum absolute atomic E-state index is 11.0. The molecule has 0 bridgehead atoms. The third kappa shape index (κ3) is 1.31. The van der Waals surface area contributed by atoms with Gasteiger partial charge >= 0.3 is 5.97 Å². The van der Waals surface area contributed by atoms with Crippen LogP contribution < -0.4 is 5.56 Å². The number of carbonyl (C=O) groups is 1. The Bertz CT molecular complexity index is 385. The van der Waals surface area contributed by atoms with Crippen molar-refractivity contribution in [3.63, 3.8) is 0 Å². The van der Waals surface area contributed by atoms with Crippen LogP contribution in [0.25, 0.3) is 0 Å². The minimum atomic E-state index is -1.26. The third-order valence-corrected chi connectivity index (χ3v) is 1.67. The van der Waals surface area contributed by atoms with Gasteiger partial charge in [-0.1, -0.05) is 11.6 Å². The fourth-order valence-electron chi connectivity index (χ4n) is 0.660. The molecule has 0 atom stereocenters. The van der Waals surface area contributed by atoms with E-state index in [1.54, 1.807) is 0 Å². The Morgan fingerprint density at radius 3 is 2.83 bits per heavy atom. The Hall–Kier alpha value is -1.36. The van der Waals surface area contributed by atoms with Crippen molar-refractivity contribution >= 4 is 17.6 Å². The number of aromatic carboxylic acids is 1. The Morgan fingerprint density at radius 1 is 1.75 bits per heavy atom. The number of hydrogen-bond acceptors (Lipinski definition) is 3. The maximum Gasteiger partial charge on any atom is 0.339 e. The summed E-state index contributed by atoms with van der Waals surface area (Å²) in [6, 6.07) is 0. The van der Waals surface area contributed by atoms with Crippen molar-refractivity contribution < 1.29 is 9.90 Å². The quantitative estimate of drug-likeness (QED) is 0.680. The molecule has 5 nitrogen and oxygen atoms in total. The first-order valence-electron chi connectivity index (χ1n) is 2.99. The molecule has 0 amide bonds. The lowest BCUT2D eigenvalue weighted by Crippen LogP contribution is -2.22. The fourth-order valence-corrected chi connectivity index (χ4v) is 0.912. The van der Waals surface area contributed by atoms with E-state index in [1.807, 2.05) is 0 Å². The summed E-state index contributed by atoms with van der Waals surface area (Å²) >= 11 is 5.44. The van der Waals surface area contributed by atoms with Crippen LogP contribution in [0, 0.1) is 0 Å². The molecule has 0 aliphatic heterocycles. The number of aromatic nitrogens is 2. The standard InChI is InChI=1S/C6H5ClN2O3/c1-9-5(10)4(7)3(2-8-9)6(11)12/h2H,1H3,(H,11,12). The molecule has 1 heterocycles.